The van der Waals surface area contributed by atoms with Gasteiger partial charge in [-0.2, -0.15) is 11.8 Å². The number of benzene rings is 1. The summed E-state index contributed by atoms with van der Waals surface area (Å²) < 4.78 is 27.2. The highest BCUT2D eigenvalue weighted by Crippen LogP contribution is 2.18. The Labute approximate surface area is 136 Å². The predicted octanol–water partition coefficient (Wildman–Crippen LogP) is 2.27. The van der Waals surface area contributed by atoms with E-state index in [0.29, 0.717) is 10.1 Å². The number of rotatable bonds is 7. The molecule has 20 heavy (non-hydrogen) atoms. The largest absolute Gasteiger partial charge is 0.478 e. The number of halogens is 1. The Morgan fingerprint density at radius 1 is 1.50 bits per heavy atom. The van der Waals surface area contributed by atoms with Crippen LogP contribution >= 0.6 is 34.4 Å². The molecule has 2 N–H and O–H groups in total. The van der Waals surface area contributed by atoms with Crippen molar-refractivity contribution < 1.29 is 18.3 Å². The maximum absolute atomic E-state index is 12.1. The van der Waals surface area contributed by atoms with Crippen LogP contribution in [0.15, 0.2) is 23.1 Å². The van der Waals surface area contributed by atoms with Gasteiger partial charge in [-0.3, -0.25) is 0 Å². The first-order valence-electron chi connectivity index (χ1n) is 5.79. The van der Waals surface area contributed by atoms with Crippen molar-refractivity contribution >= 4 is 50.3 Å². The van der Waals surface area contributed by atoms with Gasteiger partial charge in [0.15, 0.2) is 0 Å². The van der Waals surface area contributed by atoms with Gasteiger partial charge in [0.2, 0.25) is 10.0 Å². The zero-order valence-electron chi connectivity index (χ0n) is 11.1. The zero-order chi connectivity index (χ0) is 15.3. The number of nitrogens with one attached hydrogen (secondary N) is 1. The van der Waals surface area contributed by atoms with Crippen molar-refractivity contribution in [2.75, 3.05) is 18.6 Å². The maximum atomic E-state index is 12.1. The average Bonchev–Trinajstić information content (AvgIpc) is 2.37. The van der Waals surface area contributed by atoms with Crippen molar-refractivity contribution in [3.8, 4) is 0 Å². The topological polar surface area (TPSA) is 83.5 Å². The summed E-state index contributed by atoms with van der Waals surface area (Å²) in [5.74, 6) is -0.0694. The maximum Gasteiger partial charge on any atom is 0.336 e. The Hall–Kier alpha value is -0.320. The quantitative estimate of drug-likeness (QED) is 0.650. The molecule has 1 atom stereocenters. The minimum absolute atomic E-state index is 0.00867. The Morgan fingerprint density at radius 3 is 2.70 bits per heavy atom. The van der Waals surface area contributed by atoms with Crippen LogP contribution in [0.2, 0.25) is 0 Å². The van der Waals surface area contributed by atoms with Crippen LogP contribution in [0.5, 0.6) is 0 Å². The highest BCUT2D eigenvalue weighted by atomic mass is 127. The smallest absolute Gasteiger partial charge is 0.336 e. The molecule has 0 spiro atoms. The fourth-order valence-corrected chi connectivity index (χ4v) is 3.96. The highest BCUT2D eigenvalue weighted by molar-refractivity contribution is 14.1. The van der Waals surface area contributed by atoms with E-state index >= 15 is 0 Å². The van der Waals surface area contributed by atoms with Gasteiger partial charge in [-0.05, 0) is 58.7 Å². The van der Waals surface area contributed by atoms with Crippen molar-refractivity contribution in [2.45, 2.75) is 11.8 Å². The van der Waals surface area contributed by atoms with E-state index in [-0.39, 0.29) is 16.4 Å². The molecule has 8 heteroatoms. The third-order valence-electron chi connectivity index (χ3n) is 2.55. The summed E-state index contributed by atoms with van der Waals surface area (Å²) in [6.45, 7) is 2.28. The van der Waals surface area contributed by atoms with E-state index in [1.54, 1.807) is 11.8 Å². The van der Waals surface area contributed by atoms with E-state index in [1.807, 2.05) is 35.8 Å². The van der Waals surface area contributed by atoms with Crippen LogP contribution in [0.1, 0.15) is 17.3 Å². The molecule has 0 amide bonds. The van der Waals surface area contributed by atoms with Gasteiger partial charge >= 0.3 is 5.97 Å². The van der Waals surface area contributed by atoms with Crippen LogP contribution in [0, 0.1) is 9.49 Å². The van der Waals surface area contributed by atoms with Crippen LogP contribution in [0.4, 0.5) is 0 Å². The lowest BCUT2D eigenvalue weighted by atomic mass is 10.2. The third-order valence-corrected chi connectivity index (χ3v) is 5.82. The SMILES string of the molecule is CSCC(C)CNS(=O)(=O)c1ccc(I)c(C(=O)O)c1. The molecule has 1 unspecified atom stereocenters. The molecule has 0 heterocycles. The summed E-state index contributed by atoms with van der Waals surface area (Å²) in [6.07, 6.45) is 1.96. The van der Waals surface area contributed by atoms with E-state index in [9.17, 15) is 13.2 Å². The van der Waals surface area contributed by atoms with Gasteiger partial charge in [-0.1, -0.05) is 6.92 Å². The lowest BCUT2D eigenvalue weighted by Gasteiger charge is -2.12. The van der Waals surface area contributed by atoms with Crippen LogP contribution < -0.4 is 4.72 Å². The molecule has 1 aromatic rings. The van der Waals surface area contributed by atoms with E-state index < -0.39 is 16.0 Å². The third kappa shape index (κ3) is 4.90. The summed E-state index contributed by atoms with van der Waals surface area (Å²) in [6, 6.07) is 4.09. The van der Waals surface area contributed by atoms with Gasteiger partial charge < -0.3 is 5.11 Å². The van der Waals surface area contributed by atoms with Crippen molar-refractivity contribution in [3.63, 3.8) is 0 Å². The normalized spacial score (nSPS) is 13.2. The van der Waals surface area contributed by atoms with Gasteiger partial charge in [0, 0.05) is 10.1 Å². The van der Waals surface area contributed by atoms with Crippen molar-refractivity contribution in [2.24, 2.45) is 5.92 Å². The number of hydrogen-bond acceptors (Lipinski definition) is 4. The standard InChI is InChI=1S/C12H16INO4S2/c1-8(7-19-2)6-14-20(17,18)9-3-4-11(13)10(5-9)12(15)16/h3-5,8,14H,6-7H2,1-2H3,(H,15,16). The lowest BCUT2D eigenvalue weighted by Crippen LogP contribution is -2.29. The second-order valence-corrected chi connectivity index (χ2v) is 8.20. The lowest BCUT2D eigenvalue weighted by molar-refractivity contribution is 0.0695. The molecular formula is C12H16INO4S2. The van der Waals surface area contributed by atoms with E-state index in [4.69, 9.17) is 5.11 Å². The number of hydrogen-bond donors (Lipinski definition) is 2. The number of carbonyl (C=O) groups is 1. The average molecular weight is 429 g/mol. The van der Waals surface area contributed by atoms with Crippen LogP contribution in [0.25, 0.3) is 0 Å². The molecule has 112 valence electrons. The van der Waals surface area contributed by atoms with Crippen LogP contribution in [0.3, 0.4) is 0 Å². The first-order valence-corrected chi connectivity index (χ1v) is 9.75. The van der Waals surface area contributed by atoms with Crippen molar-refractivity contribution in [1.82, 2.24) is 4.72 Å². The summed E-state index contributed by atoms with van der Waals surface area (Å²) in [5.41, 5.74) is -0.00867. The molecule has 0 aliphatic heterocycles. The molecule has 1 aromatic carbocycles. The molecule has 0 saturated heterocycles. The van der Waals surface area contributed by atoms with Crippen molar-refractivity contribution in [3.05, 3.63) is 27.3 Å². The van der Waals surface area contributed by atoms with E-state index in [2.05, 4.69) is 4.72 Å². The number of thioether (sulfide) groups is 1. The molecular weight excluding hydrogens is 413 g/mol. The summed E-state index contributed by atoms with van der Waals surface area (Å²) in [5, 5.41) is 9.02. The number of aromatic carboxylic acids is 1. The molecule has 0 aliphatic carbocycles. The Balaban J connectivity index is 2.93. The second-order valence-electron chi connectivity index (χ2n) is 4.36. The second kappa shape index (κ2) is 7.62. The van der Waals surface area contributed by atoms with Gasteiger partial charge in [0.1, 0.15) is 0 Å². The molecule has 0 radical (unpaired) electrons. The molecule has 5 nitrogen and oxygen atoms in total. The Kier molecular flexibility index (Phi) is 6.76. The van der Waals surface area contributed by atoms with Crippen molar-refractivity contribution in [1.29, 1.82) is 0 Å². The monoisotopic (exact) mass is 429 g/mol. The van der Waals surface area contributed by atoms with Gasteiger partial charge in [0.25, 0.3) is 0 Å². The summed E-state index contributed by atoms with van der Waals surface area (Å²) in [7, 11) is -3.67. The fourth-order valence-electron chi connectivity index (χ4n) is 1.51. The number of carboxylic acid groups (broad SMARTS) is 1. The van der Waals surface area contributed by atoms with Crippen LogP contribution in [-0.2, 0) is 10.0 Å². The molecule has 0 aliphatic rings. The van der Waals surface area contributed by atoms with Gasteiger partial charge in [-0.25, -0.2) is 17.9 Å². The number of sulfonamides is 1. The molecule has 0 bridgehead atoms. The molecule has 0 aromatic heterocycles. The first-order chi connectivity index (χ1) is 9.27. The summed E-state index contributed by atoms with van der Waals surface area (Å²) >= 11 is 3.52. The van der Waals surface area contributed by atoms with Gasteiger partial charge in [-0.15, -0.1) is 0 Å². The number of carboxylic acids is 1. The zero-order valence-corrected chi connectivity index (χ0v) is 14.9. The highest BCUT2D eigenvalue weighted by Gasteiger charge is 2.18. The molecule has 0 saturated carbocycles. The Bertz CT molecular complexity index is 589. The van der Waals surface area contributed by atoms with E-state index in [0.717, 1.165) is 5.75 Å². The van der Waals surface area contributed by atoms with Gasteiger partial charge in [0.05, 0.1) is 10.5 Å². The van der Waals surface area contributed by atoms with E-state index in [1.165, 1.54) is 18.2 Å². The summed E-state index contributed by atoms with van der Waals surface area (Å²) in [4.78, 5) is 11.0. The Morgan fingerprint density at radius 2 is 2.15 bits per heavy atom. The van der Waals surface area contributed by atoms with Crippen LogP contribution in [-0.4, -0.2) is 38.0 Å². The molecule has 0 fully saturated rings. The predicted molar refractivity (Wildman–Crippen MR) is 88.9 cm³/mol. The molecule has 1 rings (SSSR count). The first kappa shape index (κ1) is 17.7. The minimum atomic E-state index is -3.67. The minimum Gasteiger partial charge on any atom is -0.478 e. The fraction of sp³-hybridized carbons (Fsp3) is 0.417.